The summed E-state index contributed by atoms with van der Waals surface area (Å²) in [4.78, 5) is 15.5. The number of rotatable bonds is 5. The third-order valence-corrected chi connectivity index (χ3v) is 2.87. The lowest BCUT2D eigenvalue weighted by molar-refractivity contribution is 0.252. The smallest absolute Gasteiger partial charge is 0.319 e. The van der Waals surface area contributed by atoms with Crippen LogP contribution in [-0.4, -0.2) is 22.1 Å². The van der Waals surface area contributed by atoms with Crippen molar-refractivity contribution in [2.45, 2.75) is 19.9 Å². The highest BCUT2D eigenvalue weighted by Crippen LogP contribution is 2.13. The summed E-state index contributed by atoms with van der Waals surface area (Å²) in [6, 6.07) is 4.27. The number of halogens is 1. The zero-order valence-electron chi connectivity index (χ0n) is 11.3. The van der Waals surface area contributed by atoms with E-state index in [0.717, 1.165) is 13.0 Å². The standard InChI is InChI=1S/C14H17FN4O/c1-11-3-4-12(9-13(11)15)18-14(20)17-5-2-7-19-8-6-16-10-19/h3-4,6,8-10H,2,5,7H2,1H3,(H2,17,18,20). The molecule has 0 unspecified atom stereocenters. The Kier molecular flexibility index (Phi) is 4.70. The van der Waals surface area contributed by atoms with Crippen LogP contribution in [-0.2, 0) is 6.54 Å². The minimum Gasteiger partial charge on any atom is -0.338 e. The molecule has 0 radical (unpaired) electrons. The van der Waals surface area contributed by atoms with Gasteiger partial charge in [0.2, 0.25) is 0 Å². The van der Waals surface area contributed by atoms with Gasteiger partial charge in [0, 0.05) is 31.2 Å². The first-order chi connectivity index (χ1) is 9.65. The summed E-state index contributed by atoms with van der Waals surface area (Å²) >= 11 is 0. The first-order valence-electron chi connectivity index (χ1n) is 6.42. The first-order valence-corrected chi connectivity index (χ1v) is 6.42. The van der Waals surface area contributed by atoms with E-state index in [9.17, 15) is 9.18 Å². The Hall–Kier alpha value is -2.37. The van der Waals surface area contributed by atoms with Crippen molar-refractivity contribution in [2.75, 3.05) is 11.9 Å². The van der Waals surface area contributed by atoms with E-state index in [-0.39, 0.29) is 11.8 Å². The van der Waals surface area contributed by atoms with E-state index in [1.807, 2.05) is 10.8 Å². The molecule has 0 aliphatic rings. The molecule has 2 N–H and O–H groups in total. The third kappa shape index (κ3) is 4.08. The second-order valence-electron chi connectivity index (χ2n) is 4.50. The number of hydrogen-bond acceptors (Lipinski definition) is 2. The second kappa shape index (κ2) is 6.70. The number of nitrogens with one attached hydrogen (secondary N) is 2. The molecule has 0 saturated carbocycles. The molecule has 2 aromatic rings. The van der Waals surface area contributed by atoms with Crippen LogP contribution in [0.1, 0.15) is 12.0 Å². The Morgan fingerprint density at radius 1 is 1.45 bits per heavy atom. The van der Waals surface area contributed by atoms with Gasteiger partial charge in [0.25, 0.3) is 0 Å². The average Bonchev–Trinajstić information content (AvgIpc) is 2.92. The fraction of sp³-hybridized carbons (Fsp3) is 0.286. The topological polar surface area (TPSA) is 59.0 Å². The van der Waals surface area contributed by atoms with Crippen molar-refractivity contribution in [2.24, 2.45) is 0 Å². The van der Waals surface area contributed by atoms with Crippen molar-refractivity contribution in [3.63, 3.8) is 0 Å². The van der Waals surface area contributed by atoms with Crippen LogP contribution in [0.2, 0.25) is 0 Å². The fourth-order valence-corrected chi connectivity index (χ4v) is 1.73. The predicted octanol–water partition coefficient (Wildman–Crippen LogP) is 2.54. The van der Waals surface area contributed by atoms with Crippen molar-refractivity contribution in [3.05, 3.63) is 48.3 Å². The molecule has 0 spiro atoms. The number of hydrogen-bond donors (Lipinski definition) is 2. The SMILES string of the molecule is Cc1ccc(NC(=O)NCCCn2ccnc2)cc1F. The Bertz CT molecular complexity index is 569. The van der Waals surface area contributed by atoms with E-state index >= 15 is 0 Å². The van der Waals surface area contributed by atoms with E-state index in [2.05, 4.69) is 15.6 Å². The van der Waals surface area contributed by atoms with Gasteiger partial charge < -0.3 is 15.2 Å². The van der Waals surface area contributed by atoms with Crippen molar-refractivity contribution in [1.29, 1.82) is 0 Å². The van der Waals surface area contributed by atoms with E-state index in [1.54, 1.807) is 31.6 Å². The summed E-state index contributed by atoms with van der Waals surface area (Å²) in [6.07, 6.45) is 6.11. The first kappa shape index (κ1) is 14.0. The van der Waals surface area contributed by atoms with Crippen molar-refractivity contribution < 1.29 is 9.18 Å². The lowest BCUT2D eigenvalue weighted by atomic mass is 10.2. The van der Waals surface area contributed by atoms with Gasteiger partial charge in [-0.3, -0.25) is 0 Å². The normalized spacial score (nSPS) is 10.3. The van der Waals surface area contributed by atoms with Gasteiger partial charge in [0.1, 0.15) is 5.82 Å². The third-order valence-electron chi connectivity index (χ3n) is 2.87. The molecule has 0 aliphatic carbocycles. The van der Waals surface area contributed by atoms with Crippen molar-refractivity contribution in [1.82, 2.24) is 14.9 Å². The van der Waals surface area contributed by atoms with Gasteiger partial charge >= 0.3 is 6.03 Å². The lowest BCUT2D eigenvalue weighted by Gasteiger charge is -2.08. The highest BCUT2D eigenvalue weighted by atomic mass is 19.1. The molecule has 6 heteroatoms. The van der Waals surface area contributed by atoms with E-state index < -0.39 is 0 Å². The number of anilines is 1. The molecule has 106 valence electrons. The Morgan fingerprint density at radius 3 is 3.00 bits per heavy atom. The van der Waals surface area contributed by atoms with E-state index in [4.69, 9.17) is 0 Å². The van der Waals surface area contributed by atoms with E-state index in [0.29, 0.717) is 17.8 Å². The molecule has 1 aromatic heterocycles. The highest BCUT2D eigenvalue weighted by Gasteiger charge is 2.03. The summed E-state index contributed by atoms with van der Waals surface area (Å²) in [5.74, 6) is -0.331. The maximum Gasteiger partial charge on any atom is 0.319 e. The number of aryl methyl sites for hydroxylation is 2. The number of carbonyl (C=O) groups is 1. The minimum absolute atomic E-state index is 0.331. The molecule has 0 atom stereocenters. The summed E-state index contributed by atoms with van der Waals surface area (Å²) in [6.45, 7) is 3.01. The largest absolute Gasteiger partial charge is 0.338 e. The number of amides is 2. The van der Waals surface area contributed by atoms with Gasteiger partial charge in [-0.1, -0.05) is 6.07 Å². The van der Waals surface area contributed by atoms with Crippen LogP contribution in [0.4, 0.5) is 14.9 Å². The summed E-state index contributed by atoms with van der Waals surface area (Å²) in [7, 11) is 0. The van der Waals surface area contributed by atoms with Crippen molar-refractivity contribution in [3.8, 4) is 0 Å². The van der Waals surface area contributed by atoms with E-state index in [1.165, 1.54) is 6.07 Å². The Morgan fingerprint density at radius 2 is 2.30 bits per heavy atom. The fourth-order valence-electron chi connectivity index (χ4n) is 1.73. The monoisotopic (exact) mass is 276 g/mol. The molecule has 1 aromatic carbocycles. The zero-order valence-corrected chi connectivity index (χ0v) is 11.3. The molecule has 20 heavy (non-hydrogen) atoms. The molecule has 0 bridgehead atoms. The maximum atomic E-state index is 13.3. The molecule has 2 rings (SSSR count). The molecular formula is C14H17FN4O. The highest BCUT2D eigenvalue weighted by molar-refractivity contribution is 5.89. The molecule has 1 heterocycles. The summed E-state index contributed by atoms with van der Waals surface area (Å²) in [5, 5.41) is 5.32. The van der Waals surface area contributed by atoms with Crippen molar-refractivity contribution >= 4 is 11.7 Å². The number of nitrogens with zero attached hydrogens (tertiary/aromatic N) is 2. The number of carbonyl (C=O) groups excluding carboxylic acids is 1. The zero-order chi connectivity index (χ0) is 14.4. The molecule has 2 amide bonds. The maximum absolute atomic E-state index is 13.3. The van der Waals surface area contributed by atoms with Crippen LogP contribution >= 0.6 is 0 Å². The Balaban J connectivity index is 1.71. The molecule has 5 nitrogen and oxygen atoms in total. The number of urea groups is 1. The van der Waals surface area contributed by atoms with Gasteiger partial charge in [-0.15, -0.1) is 0 Å². The summed E-state index contributed by atoms with van der Waals surface area (Å²) < 4.78 is 15.3. The molecule has 0 aliphatic heterocycles. The van der Waals surface area contributed by atoms with Crippen LogP contribution < -0.4 is 10.6 Å². The van der Waals surface area contributed by atoms with Gasteiger partial charge in [-0.25, -0.2) is 14.2 Å². The summed E-state index contributed by atoms with van der Waals surface area (Å²) in [5.41, 5.74) is 0.997. The predicted molar refractivity (Wildman–Crippen MR) is 75.0 cm³/mol. The van der Waals surface area contributed by atoms with Crippen LogP contribution in [0.25, 0.3) is 0 Å². The lowest BCUT2D eigenvalue weighted by Crippen LogP contribution is -2.30. The van der Waals surface area contributed by atoms with Gasteiger partial charge in [-0.05, 0) is 31.0 Å². The van der Waals surface area contributed by atoms with Crippen LogP contribution in [0.5, 0.6) is 0 Å². The number of aromatic nitrogens is 2. The average molecular weight is 276 g/mol. The quantitative estimate of drug-likeness (QED) is 0.824. The Labute approximate surface area is 116 Å². The molecule has 0 fully saturated rings. The van der Waals surface area contributed by atoms with Crippen LogP contribution in [0.3, 0.4) is 0 Å². The molecule has 0 saturated heterocycles. The minimum atomic E-state index is -0.334. The molecular weight excluding hydrogens is 259 g/mol. The van der Waals surface area contributed by atoms with Crippen LogP contribution in [0.15, 0.2) is 36.9 Å². The van der Waals surface area contributed by atoms with Gasteiger partial charge in [0.15, 0.2) is 0 Å². The second-order valence-corrected chi connectivity index (χ2v) is 4.50. The van der Waals surface area contributed by atoms with Gasteiger partial charge in [0.05, 0.1) is 6.33 Å². The number of benzene rings is 1. The number of imidazole rings is 1. The van der Waals surface area contributed by atoms with Crippen LogP contribution in [0, 0.1) is 12.7 Å². The van der Waals surface area contributed by atoms with Gasteiger partial charge in [-0.2, -0.15) is 0 Å².